The normalized spacial score (nSPS) is 20.0. The van der Waals surface area contributed by atoms with Crippen LogP contribution in [-0.4, -0.2) is 56.7 Å². The highest BCUT2D eigenvalue weighted by atomic mass is 16.5. The summed E-state index contributed by atoms with van der Waals surface area (Å²) in [7, 11) is 3.85. The number of nitrogens with zero attached hydrogens (tertiary/aromatic N) is 2. The second-order valence-electron chi connectivity index (χ2n) is 5.96. The van der Waals surface area contributed by atoms with Crippen LogP contribution < -0.4 is 10.5 Å². The molecule has 1 unspecified atom stereocenters. The summed E-state index contributed by atoms with van der Waals surface area (Å²) in [5.74, 6) is 0.852. The number of benzene rings is 1. The van der Waals surface area contributed by atoms with Crippen LogP contribution in [0.25, 0.3) is 0 Å². The standard InChI is InChI=1S/C17H27N3O/c1-4-8-17(18,14-20-11-9-19(2)10-12-20)15-6-5-7-16(13-15)21-3/h4-7,13H,1,8-12,14,18H2,2-3H3. The van der Waals surface area contributed by atoms with Crippen molar-refractivity contribution in [2.45, 2.75) is 12.0 Å². The van der Waals surface area contributed by atoms with Gasteiger partial charge in [-0.05, 0) is 31.2 Å². The van der Waals surface area contributed by atoms with E-state index in [-0.39, 0.29) is 0 Å². The van der Waals surface area contributed by atoms with Crippen LogP contribution in [0.2, 0.25) is 0 Å². The van der Waals surface area contributed by atoms with Gasteiger partial charge in [-0.25, -0.2) is 0 Å². The molecular weight excluding hydrogens is 262 g/mol. The van der Waals surface area contributed by atoms with Crippen molar-refractivity contribution in [1.82, 2.24) is 9.80 Å². The lowest BCUT2D eigenvalue weighted by molar-refractivity contribution is 0.126. The van der Waals surface area contributed by atoms with E-state index in [9.17, 15) is 0 Å². The van der Waals surface area contributed by atoms with Gasteiger partial charge in [0.1, 0.15) is 5.75 Å². The zero-order valence-corrected chi connectivity index (χ0v) is 13.2. The number of piperazine rings is 1. The number of methoxy groups -OCH3 is 1. The van der Waals surface area contributed by atoms with Gasteiger partial charge < -0.3 is 15.4 Å². The molecule has 0 bridgehead atoms. The van der Waals surface area contributed by atoms with Crippen molar-refractivity contribution in [2.24, 2.45) is 5.73 Å². The Bertz CT molecular complexity index is 469. The van der Waals surface area contributed by atoms with Gasteiger partial charge in [-0.2, -0.15) is 0 Å². The minimum absolute atomic E-state index is 0.411. The minimum Gasteiger partial charge on any atom is -0.497 e. The summed E-state index contributed by atoms with van der Waals surface area (Å²) in [6.45, 7) is 9.06. The molecular formula is C17H27N3O. The lowest BCUT2D eigenvalue weighted by Crippen LogP contribution is -2.53. The van der Waals surface area contributed by atoms with Gasteiger partial charge in [0.25, 0.3) is 0 Å². The topological polar surface area (TPSA) is 41.7 Å². The molecule has 1 atom stereocenters. The predicted octanol–water partition coefficient (Wildman–Crippen LogP) is 1.67. The largest absolute Gasteiger partial charge is 0.497 e. The average Bonchev–Trinajstić information content (AvgIpc) is 2.50. The summed E-state index contributed by atoms with van der Waals surface area (Å²) in [5.41, 5.74) is 7.44. The summed E-state index contributed by atoms with van der Waals surface area (Å²) >= 11 is 0. The van der Waals surface area contributed by atoms with E-state index >= 15 is 0 Å². The van der Waals surface area contributed by atoms with E-state index in [0.29, 0.717) is 0 Å². The third-order valence-electron chi connectivity index (χ3n) is 4.25. The van der Waals surface area contributed by atoms with Gasteiger partial charge in [0.2, 0.25) is 0 Å². The first-order chi connectivity index (χ1) is 10.1. The third kappa shape index (κ3) is 4.06. The molecule has 1 saturated heterocycles. The highest BCUT2D eigenvalue weighted by molar-refractivity contribution is 5.34. The molecule has 1 aliphatic heterocycles. The first-order valence-corrected chi connectivity index (χ1v) is 7.52. The van der Waals surface area contributed by atoms with Crippen LogP contribution in [0.4, 0.5) is 0 Å². The van der Waals surface area contributed by atoms with E-state index in [1.54, 1.807) is 7.11 Å². The molecule has 21 heavy (non-hydrogen) atoms. The Labute approximate surface area is 128 Å². The molecule has 2 rings (SSSR count). The van der Waals surface area contributed by atoms with Crippen LogP contribution in [0.3, 0.4) is 0 Å². The van der Waals surface area contributed by atoms with Gasteiger partial charge >= 0.3 is 0 Å². The smallest absolute Gasteiger partial charge is 0.119 e. The van der Waals surface area contributed by atoms with E-state index in [1.165, 1.54) is 0 Å². The molecule has 0 saturated carbocycles. The zero-order valence-electron chi connectivity index (χ0n) is 13.2. The number of rotatable bonds is 6. The van der Waals surface area contributed by atoms with Crippen molar-refractivity contribution in [3.05, 3.63) is 42.5 Å². The van der Waals surface area contributed by atoms with Crippen LogP contribution >= 0.6 is 0 Å². The number of nitrogens with two attached hydrogens (primary N) is 1. The summed E-state index contributed by atoms with van der Waals surface area (Å²) in [6, 6.07) is 8.08. The molecule has 1 aliphatic rings. The van der Waals surface area contributed by atoms with Gasteiger partial charge in [-0.3, -0.25) is 4.90 Å². The first-order valence-electron chi connectivity index (χ1n) is 7.52. The van der Waals surface area contributed by atoms with Crippen molar-refractivity contribution in [3.8, 4) is 5.75 Å². The fraction of sp³-hybridized carbons (Fsp3) is 0.529. The van der Waals surface area contributed by atoms with Crippen molar-refractivity contribution < 1.29 is 4.74 Å². The quantitative estimate of drug-likeness (QED) is 0.809. The SMILES string of the molecule is C=CCC(N)(CN1CCN(C)CC1)c1cccc(OC)c1. The van der Waals surface area contributed by atoms with Crippen molar-refractivity contribution in [1.29, 1.82) is 0 Å². The van der Waals surface area contributed by atoms with Crippen LogP contribution in [-0.2, 0) is 5.54 Å². The Kier molecular flexibility index (Phi) is 5.39. The van der Waals surface area contributed by atoms with Gasteiger partial charge in [0.15, 0.2) is 0 Å². The minimum atomic E-state index is -0.411. The number of hydrogen-bond acceptors (Lipinski definition) is 4. The molecule has 0 aliphatic carbocycles. The Balaban J connectivity index is 2.16. The number of hydrogen-bond donors (Lipinski definition) is 1. The molecule has 2 N–H and O–H groups in total. The molecule has 4 heteroatoms. The third-order valence-corrected chi connectivity index (χ3v) is 4.25. The second-order valence-corrected chi connectivity index (χ2v) is 5.96. The summed E-state index contributed by atoms with van der Waals surface area (Å²) in [4.78, 5) is 4.80. The first kappa shape index (κ1) is 16.0. The Morgan fingerprint density at radius 3 is 2.67 bits per heavy atom. The van der Waals surface area contributed by atoms with E-state index < -0.39 is 5.54 Å². The summed E-state index contributed by atoms with van der Waals surface area (Å²) < 4.78 is 5.33. The van der Waals surface area contributed by atoms with E-state index in [0.717, 1.165) is 50.5 Å². The average molecular weight is 289 g/mol. The molecule has 0 amide bonds. The monoisotopic (exact) mass is 289 g/mol. The molecule has 4 nitrogen and oxygen atoms in total. The lowest BCUT2D eigenvalue weighted by Gasteiger charge is -2.39. The van der Waals surface area contributed by atoms with E-state index in [2.05, 4.69) is 29.5 Å². The molecule has 1 aromatic rings. The molecule has 0 radical (unpaired) electrons. The maximum atomic E-state index is 6.74. The molecule has 0 spiro atoms. The van der Waals surface area contributed by atoms with E-state index in [4.69, 9.17) is 10.5 Å². The predicted molar refractivity (Wildman–Crippen MR) is 87.6 cm³/mol. The maximum Gasteiger partial charge on any atom is 0.119 e. The lowest BCUT2D eigenvalue weighted by atomic mass is 9.86. The fourth-order valence-corrected chi connectivity index (χ4v) is 2.87. The fourth-order valence-electron chi connectivity index (χ4n) is 2.87. The van der Waals surface area contributed by atoms with Crippen LogP contribution in [0.5, 0.6) is 5.75 Å². The Hall–Kier alpha value is -1.36. The van der Waals surface area contributed by atoms with Crippen LogP contribution in [0.1, 0.15) is 12.0 Å². The molecule has 0 aromatic heterocycles. The maximum absolute atomic E-state index is 6.74. The molecule has 1 heterocycles. The number of ether oxygens (including phenoxy) is 1. The summed E-state index contributed by atoms with van der Waals surface area (Å²) in [6.07, 6.45) is 2.67. The van der Waals surface area contributed by atoms with Crippen molar-refractivity contribution in [2.75, 3.05) is 46.9 Å². The van der Waals surface area contributed by atoms with Crippen molar-refractivity contribution >= 4 is 0 Å². The Morgan fingerprint density at radius 2 is 2.05 bits per heavy atom. The second kappa shape index (κ2) is 7.07. The highest BCUT2D eigenvalue weighted by Crippen LogP contribution is 2.27. The van der Waals surface area contributed by atoms with Crippen molar-refractivity contribution in [3.63, 3.8) is 0 Å². The van der Waals surface area contributed by atoms with Crippen LogP contribution in [0, 0.1) is 0 Å². The number of likely N-dealkylation sites (N-methyl/N-ethyl adjacent to an activating group) is 1. The molecule has 1 fully saturated rings. The van der Waals surface area contributed by atoms with Crippen LogP contribution in [0.15, 0.2) is 36.9 Å². The molecule has 116 valence electrons. The zero-order chi connectivity index (χ0) is 15.3. The Morgan fingerprint density at radius 1 is 1.33 bits per heavy atom. The van der Waals surface area contributed by atoms with Gasteiger partial charge in [0, 0.05) is 32.7 Å². The van der Waals surface area contributed by atoms with Gasteiger partial charge in [-0.1, -0.05) is 18.2 Å². The highest BCUT2D eigenvalue weighted by Gasteiger charge is 2.30. The van der Waals surface area contributed by atoms with Gasteiger partial charge in [-0.15, -0.1) is 6.58 Å². The molecule has 1 aromatic carbocycles. The van der Waals surface area contributed by atoms with Gasteiger partial charge in [0.05, 0.1) is 12.6 Å². The van der Waals surface area contributed by atoms with E-state index in [1.807, 2.05) is 24.3 Å². The summed E-state index contributed by atoms with van der Waals surface area (Å²) in [5, 5.41) is 0.